The second kappa shape index (κ2) is 10.7. The average molecular weight is 497 g/mol. The van der Waals surface area contributed by atoms with Gasteiger partial charge < -0.3 is 14.2 Å². The molecule has 8 nitrogen and oxygen atoms in total. The lowest BCUT2D eigenvalue weighted by molar-refractivity contribution is -0.142. The first-order valence-electron chi connectivity index (χ1n) is 12.4. The van der Waals surface area contributed by atoms with Crippen LogP contribution in [0.15, 0.2) is 54.7 Å². The summed E-state index contributed by atoms with van der Waals surface area (Å²) in [6, 6.07) is 18.0. The van der Waals surface area contributed by atoms with Gasteiger partial charge in [0.2, 0.25) is 0 Å². The average Bonchev–Trinajstić information content (AvgIpc) is 3.23. The molecule has 1 aliphatic carbocycles. The minimum Gasteiger partial charge on any atom is -0.493 e. The number of benzene rings is 2. The minimum atomic E-state index is -0.286. The molecule has 0 spiro atoms. The normalized spacial score (nSPS) is 13.1. The molecule has 0 radical (unpaired) electrons. The van der Waals surface area contributed by atoms with Gasteiger partial charge in [0.05, 0.1) is 31.7 Å². The summed E-state index contributed by atoms with van der Waals surface area (Å²) < 4.78 is 19.0. The molecule has 0 aliphatic heterocycles. The molecule has 1 aliphatic rings. The molecular formula is C29H28N4O4. The second-order valence-corrected chi connectivity index (χ2v) is 8.94. The fourth-order valence-corrected chi connectivity index (χ4v) is 4.65. The number of carbonyl (C=O) groups excluding carboxylic acids is 1. The summed E-state index contributed by atoms with van der Waals surface area (Å²) >= 11 is 0. The molecule has 2 aromatic heterocycles. The van der Waals surface area contributed by atoms with E-state index in [1.807, 2.05) is 36.4 Å². The van der Waals surface area contributed by atoms with Crippen LogP contribution in [0.4, 0.5) is 0 Å². The summed E-state index contributed by atoms with van der Waals surface area (Å²) in [5.74, 6) is 0.792. The van der Waals surface area contributed by atoms with Crippen LogP contribution in [0.3, 0.4) is 0 Å². The van der Waals surface area contributed by atoms with Gasteiger partial charge in [-0.05, 0) is 56.0 Å². The summed E-state index contributed by atoms with van der Waals surface area (Å²) in [5, 5.41) is 15.4. The zero-order valence-corrected chi connectivity index (χ0v) is 20.9. The van der Waals surface area contributed by atoms with Gasteiger partial charge >= 0.3 is 5.97 Å². The maximum atomic E-state index is 12.1. The SMILES string of the molecule is CCOC(=O)Cc1ccccc1OCc1nn(C2CCC2)c2ccc(-c3ccnc(C#N)c3OC)cc12. The molecule has 188 valence electrons. The maximum absolute atomic E-state index is 12.1. The number of fused-ring (bicyclic) bond motifs is 1. The second-order valence-electron chi connectivity index (χ2n) is 8.94. The zero-order chi connectivity index (χ0) is 25.8. The zero-order valence-electron chi connectivity index (χ0n) is 20.9. The Labute approximate surface area is 215 Å². The van der Waals surface area contributed by atoms with E-state index in [2.05, 4.69) is 27.9 Å². The van der Waals surface area contributed by atoms with Crippen LogP contribution in [0.2, 0.25) is 0 Å². The van der Waals surface area contributed by atoms with Crippen molar-refractivity contribution in [3.05, 3.63) is 71.7 Å². The number of hydrogen-bond acceptors (Lipinski definition) is 7. The van der Waals surface area contributed by atoms with Crippen molar-refractivity contribution in [2.75, 3.05) is 13.7 Å². The smallest absolute Gasteiger partial charge is 0.310 e. The summed E-state index contributed by atoms with van der Waals surface area (Å²) in [4.78, 5) is 16.2. The number of rotatable bonds is 9. The van der Waals surface area contributed by atoms with Gasteiger partial charge in [-0.15, -0.1) is 0 Å². The number of ether oxygens (including phenoxy) is 3. The fraction of sp³-hybridized carbons (Fsp3) is 0.310. The molecule has 0 atom stereocenters. The molecule has 37 heavy (non-hydrogen) atoms. The Kier molecular flexibility index (Phi) is 7.04. The maximum Gasteiger partial charge on any atom is 0.310 e. The highest BCUT2D eigenvalue weighted by molar-refractivity contribution is 5.88. The van der Waals surface area contributed by atoms with Gasteiger partial charge in [-0.1, -0.05) is 24.3 Å². The van der Waals surface area contributed by atoms with Gasteiger partial charge in [0, 0.05) is 22.7 Å². The van der Waals surface area contributed by atoms with Crippen LogP contribution in [0, 0.1) is 11.3 Å². The van der Waals surface area contributed by atoms with Crippen molar-refractivity contribution in [3.63, 3.8) is 0 Å². The van der Waals surface area contributed by atoms with Crippen molar-refractivity contribution in [1.29, 1.82) is 5.26 Å². The molecule has 1 fully saturated rings. The molecule has 0 amide bonds. The van der Waals surface area contributed by atoms with E-state index in [1.165, 1.54) is 6.42 Å². The molecule has 0 unspecified atom stereocenters. The van der Waals surface area contributed by atoms with Crippen LogP contribution in [0.1, 0.15) is 49.2 Å². The number of pyridine rings is 1. The van der Waals surface area contributed by atoms with Crippen LogP contribution < -0.4 is 9.47 Å². The summed E-state index contributed by atoms with van der Waals surface area (Å²) in [6.07, 6.45) is 5.16. The van der Waals surface area contributed by atoms with E-state index >= 15 is 0 Å². The van der Waals surface area contributed by atoms with E-state index in [1.54, 1.807) is 20.2 Å². The van der Waals surface area contributed by atoms with E-state index in [4.69, 9.17) is 19.3 Å². The Bertz CT molecular complexity index is 1480. The van der Waals surface area contributed by atoms with Crippen LogP contribution in [0.25, 0.3) is 22.0 Å². The predicted octanol–water partition coefficient (Wildman–Crippen LogP) is 5.39. The highest BCUT2D eigenvalue weighted by Gasteiger charge is 2.25. The number of methoxy groups -OCH3 is 1. The van der Waals surface area contributed by atoms with Gasteiger partial charge in [-0.25, -0.2) is 4.98 Å². The van der Waals surface area contributed by atoms with Crippen LogP contribution >= 0.6 is 0 Å². The Balaban J connectivity index is 1.51. The molecule has 4 aromatic rings. The minimum absolute atomic E-state index is 0.147. The van der Waals surface area contributed by atoms with Crippen molar-refractivity contribution in [2.45, 2.75) is 45.3 Å². The summed E-state index contributed by atoms with van der Waals surface area (Å²) in [6.45, 7) is 2.38. The first-order valence-corrected chi connectivity index (χ1v) is 12.4. The highest BCUT2D eigenvalue weighted by Crippen LogP contribution is 2.38. The number of nitriles is 1. The van der Waals surface area contributed by atoms with Gasteiger partial charge in [0.25, 0.3) is 0 Å². The molecule has 0 N–H and O–H groups in total. The largest absolute Gasteiger partial charge is 0.493 e. The van der Waals surface area contributed by atoms with E-state index < -0.39 is 0 Å². The van der Waals surface area contributed by atoms with Crippen molar-refractivity contribution < 1.29 is 19.0 Å². The molecule has 1 saturated carbocycles. The molecule has 5 rings (SSSR count). The lowest BCUT2D eigenvalue weighted by atomic mass is 9.93. The number of hydrogen-bond donors (Lipinski definition) is 0. The molecule has 0 saturated heterocycles. The summed E-state index contributed by atoms with van der Waals surface area (Å²) in [7, 11) is 1.54. The molecule has 2 aromatic carbocycles. The van der Waals surface area contributed by atoms with E-state index in [0.717, 1.165) is 46.1 Å². The van der Waals surface area contributed by atoms with Crippen LogP contribution in [0.5, 0.6) is 11.5 Å². The van der Waals surface area contributed by atoms with Crippen molar-refractivity contribution >= 4 is 16.9 Å². The van der Waals surface area contributed by atoms with Gasteiger partial charge in [-0.3, -0.25) is 9.48 Å². The first-order chi connectivity index (χ1) is 18.1. The third-order valence-corrected chi connectivity index (χ3v) is 6.71. The number of esters is 1. The topological polar surface area (TPSA) is 99.3 Å². The van der Waals surface area contributed by atoms with Crippen molar-refractivity contribution in [2.24, 2.45) is 0 Å². The monoisotopic (exact) mass is 496 g/mol. The third-order valence-electron chi connectivity index (χ3n) is 6.71. The summed E-state index contributed by atoms with van der Waals surface area (Å²) in [5.41, 5.74) is 4.56. The quantitative estimate of drug-likeness (QED) is 0.287. The Hall–Kier alpha value is -4.38. The number of nitrogens with zero attached hydrogens (tertiary/aromatic N) is 4. The fourth-order valence-electron chi connectivity index (χ4n) is 4.65. The number of carbonyl (C=O) groups is 1. The lowest BCUT2D eigenvalue weighted by Gasteiger charge is -2.26. The standard InChI is InChI=1S/C29H28N4O4/c1-3-36-28(34)16-20-7-4-5-10-27(20)37-18-25-23-15-19(22-13-14-31-24(17-30)29(22)35-2)11-12-26(23)33(32-25)21-8-6-9-21/h4-5,7,10-15,21H,3,6,8-9,16,18H2,1-2H3. The highest BCUT2D eigenvalue weighted by atomic mass is 16.5. The van der Waals surface area contributed by atoms with Crippen molar-refractivity contribution in [1.82, 2.24) is 14.8 Å². The number of aromatic nitrogens is 3. The molecule has 0 bridgehead atoms. The van der Waals surface area contributed by atoms with Crippen LogP contribution in [-0.4, -0.2) is 34.5 Å². The van der Waals surface area contributed by atoms with Gasteiger partial charge in [0.15, 0.2) is 11.4 Å². The van der Waals surface area contributed by atoms with Crippen molar-refractivity contribution in [3.8, 4) is 28.7 Å². The van der Waals surface area contributed by atoms with Gasteiger partial charge in [-0.2, -0.15) is 10.4 Å². The lowest BCUT2D eigenvalue weighted by Crippen LogP contribution is -2.18. The molecular weight excluding hydrogens is 468 g/mol. The third kappa shape index (κ3) is 4.85. The van der Waals surface area contributed by atoms with E-state index in [9.17, 15) is 10.1 Å². The molecule has 8 heteroatoms. The van der Waals surface area contributed by atoms with E-state index in [0.29, 0.717) is 24.1 Å². The molecule has 2 heterocycles. The predicted molar refractivity (Wildman–Crippen MR) is 138 cm³/mol. The van der Waals surface area contributed by atoms with Crippen LogP contribution in [-0.2, 0) is 22.6 Å². The Morgan fingerprint density at radius 1 is 1.19 bits per heavy atom. The number of para-hydroxylation sites is 1. The Morgan fingerprint density at radius 3 is 2.76 bits per heavy atom. The first kappa shape index (κ1) is 24.3. The van der Waals surface area contributed by atoms with E-state index in [-0.39, 0.29) is 24.7 Å². The Morgan fingerprint density at radius 2 is 2.03 bits per heavy atom. The van der Waals surface area contributed by atoms with Gasteiger partial charge in [0.1, 0.15) is 24.1 Å².